The molecular weight excluding hydrogens is 421 g/mol. The zero-order valence-electron chi connectivity index (χ0n) is 18.3. The van der Waals surface area contributed by atoms with E-state index in [1.54, 1.807) is 47.4 Å². The van der Waals surface area contributed by atoms with Crippen LogP contribution in [0.1, 0.15) is 27.7 Å². The maximum Gasteiger partial charge on any atom is 0.254 e. The summed E-state index contributed by atoms with van der Waals surface area (Å²) in [7, 11) is 1.85. The average Bonchev–Trinajstić information content (AvgIpc) is 3.16. The molecule has 0 bridgehead atoms. The summed E-state index contributed by atoms with van der Waals surface area (Å²) in [5.74, 6) is -1.06. The fourth-order valence-electron chi connectivity index (χ4n) is 3.66. The molecule has 0 aliphatic rings. The van der Waals surface area contributed by atoms with Crippen LogP contribution in [0.2, 0.25) is 0 Å². The molecule has 0 unspecified atom stereocenters. The van der Waals surface area contributed by atoms with Gasteiger partial charge in [0.05, 0.1) is 24.4 Å². The van der Waals surface area contributed by atoms with Gasteiger partial charge in [-0.3, -0.25) is 9.48 Å². The molecule has 168 valence electrons. The Balaban J connectivity index is 1.62. The number of carbonyl (C=O) groups excluding carboxylic acids is 1. The first-order valence-electron chi connectivity index (χ1n) is 10.4. The number of aliphatic hydroxyl groups is 1. The van der Waals surface area contributed by atoms with E-state index in [0.29, 0.717) is 11.1 Å². The van der Waals surface area contributed by atoms with Gasteiger partial charge in [0, 0.05) is 35.6 Å². The standard InChI is InChI=1S/C25H24FN5O2/c1-15-21(13-29-31(15)2)18-10-20(24(27)28-12-18)17-8-9-19(22(26)11-17)25(33)30-23(14-32)16-6-4-3-5-7-16/h3-13,23,32H,14H2,1-2H3,(H2,27,28)(H,30,33)/t23-/m1/s1. The van der Waals surface area contributed by atoms with E-state index >= 15 is 0 Å². The Kier molecular flexibility index (Phi) is 6.19. The van der Waals surface area contributed by atoms with Gasteiger partial charge < -0.3 is 16.2 Å². The van der Waals surface area contributed by atoms with E-state index in [4.69, 9.17) is 5.73 Å². The molecule has 0 saturated heterocycles. The minimum Gasteiger partial charge on any atom is -0.394 e. The second kappa shape index (κ2) is 9.22. The number of nitrogens with one attached hydrogen (secondary N) is 1. The van der Waals surface area contributed by atoms with Crippen molar-refractivity contribution in [2.45, 2.75) is 13.0 Å². The predicted octanol–water partition coefficient (Wildman–Crippen LogP) is 3.64. The first-order valence-corrected chi connectivity index (χ1v) is 10.4. The number of aliphatic hydroxyl groups excluding tert-OH is 1. The molecule has 4 N–H and O–H groups in total. The summed E-state index contributed by atoms with van der Waals surface area (Å²) in [4.78, 5) is 17.0. The second-order valence-electron chi connectivity index (χ2n) is 7.74. The highest BCUT2D eigenvalue weighted by Crippen LogP contribution is 2.31. The van der Waals surface area contributed by atoms with Crippen LogP contribution in [-0.2, 0) is 7.05 Å². The quantitative estimate of drug-likeness (QED) is 0.420. The number of rotatable bonds is 6. The Morgan fingerprint density at radius 2 is 1.88 bits per heavy atom. The summed E-state index contributed by atoms with van der Waals surface area (Å²) in [6.45, 7) is 1.64. The van der Waals surface area contributed by atoms with Crippen LogP contribution in [-0.4, -0.2) is 32.4 Å². The first-order chi connectivity index (χ1) is 15.9. The topological polar surface area (TPSA) is 106 Å². The van der Waals surface area contributed by atoms with E-state index < -0.39 is 17.8 Å². The Morgan fingerprint density at radius 3 is 2.52 bits per heavy atom. The number of hydrogen-bond acceptors (Lipinski definition) is 5. The van der Waals surface area contributed by atoms with Crippen molar-refractivity contribution in [1.82, 2.24) is 20.1 Å². The van der Waals surface area contributed by atoms with Crippen LogP contribution < -0.4 is 11.1 Å². The van der Waals surface area contributed by atoms with E-state index in [2.05, 4.69) is 15.4 Å². The number of aryl methyl sites for hydroxylation is 1. The van der Waals surface area contributed by atoms with Crippen molar-refractivity contribution in [3.8, 4) is 22.3 Å². The molecule has 0 spiro atoms. The molecule has 2 heterocycles. The first kappa shape index (κ1) is 22.2. The molecular formula is C25H24FN5O2. The van der Waals surface area contributed by atoms with Crippen molar-refractivity contribution in [1.29, 1.82) is 0 Å². The molecule has 0 aliphatic heterocycles. The van der Waals surface area contributed by atoms with Crippen LogP contribution in [0.5, 0.6) is 0 Å². The number of anilines is 1. The second-order valence-corrected chi connectivity index (χ2v) is 7.74. The summed E-state index contributed by atoms with van der Waals surface area (Å²) in [6, 6.07) is 14.5. The van der Waals surface area contributed by atoms with Crippen LogP contribution in [0.15, 0.2) is 67.0 Å². The molecule has 8 heteroatoms. The smallest absolute Gasteiger partial charge is 0.254 e. The average molecular weight is 445 g/mol. The lowest BCUT2D eigenvalue weighted by Crippen LogP contribution is -2.31. The lowest BCUT2D eigenvalue weighted by atomic mass is 9.99. The number of pyridine rings is 1. The van der Waals surface area contributed by atoms with Gasteiger partial charge in [0.25, 0.3) is 5.91 Å². The van der Waals surface area contributed by atoms with E-state index in [-0.39, 0.29) is 18.0 Å². The molecule has 0 saturated carbocycles. The molecule has 7 nitrogen and oxygen atoms in total. The fourth-order valence-corrected chi connectivity index (χ4v) is 3.66. The van der Waals surface area contributed by atoms with Crippen LogP contribution in [0.25, 0.3) is 22.3 Å². The Bertz CT molecular complexity index is 1300. The summed E-state index contributed by atoms with van der Waals surface area (Å²) in [5, 5.41) is 16.6. The summed E-state index contributed by atoms with van der Waals surface area (Å²) < 4.78 is 16.7. The molecule has 4 aromatic rings. The fraction of sp³-hybridized carbons (Fsp3) is 0.160. The van der Waals surface area contributed by atoms with E-state index in [1.165, 1.54) is 12.1 Å². The number of halogens is 1. The number of carbonyl (C=O) groups is 1. The zero-order valence-corrected chi connectivity index (χ0v) is 18.3. The lowest BCUT2D eigenvalue weighted by Gasteiger charge is -2.17. The summed E-state index contributed by atoms with van der Waals surface area (Å²) >= 11 is 0. The molecule has 2 aromatic heterocycles. The number of nitrogen functional groups attached to an aromatic ring is 1. The van der Waals surface area contributed by atoms with Gasteiger partial charge in [0.1, 0.15) is 11.6 Å². The van der Waals surface area contributed by atoms with E-state index in [0.717, 1.165) is 22.4 Å². The third-order valence-corrected chi connectivity index (χ3v) is 5.68. The van der Waals surface area contributed by atoms with Gasteiger partial charge in [-0.25, -0.2) is 9.37 Å². The number of amides is 1. The van der Waals surface area contributed by atoms with Gasteiger partial charge in [0.2, 0.25) is 0 Å². The van der Waals surface area contributed by atoms with Crippen LogP contribution in [0, 0.1) is 12.7 Å². The maximum atomic E-state index is 15.0. The summed E-state index contributed by atoms with van der Waals surface area (Å²) in [5.41, 5.74) is 10.4. The van der Waals surface area contributed by atoms with Crippen LogP contribution in [0.3, 0.4) is 0 Å². The minimum atomic E-state index is -0.697. The molecule has 33 heavy (non-hydrogen) atoms. The lowest BCUT2D eigenvalue weighted by molar-refractivity contribution is 0.0912. The number of benzene rings is 2. The van der Waals surface area contributed by atoms with Crippen LogP contribution in [0.4, 0.5) is 10.2 Å². The number of aromatic nitrogens is 3. The largest absolute Gasteiger partial charge is 0.394 e. The minimum absolute atomic E-state index is 0.126. The third kappa shape index (κ3) is 4.47. The van der Waals surface area contributed by atoms with Gasteiger partial charge in [-0.15, -0.1) is 0 Å². The van der Waals surface area contributed by atoms with E-state index in [9.17, 15) is 14.3 Å². The monoisotopic (exact) mass is 445 g/mol. The van der Waals surface area contributed by atoms with Crippen molar-refractivity contribution < 1.29 is 14.3 Å². The van der Waals surface area contributed by atoms with Crippen molar-refractivity contribution >= 4 is 11.7 Å². The Morgan fingerprint density at radius 1 is 1.12 bits per heavy atom. The van der Waals surface area contributed by atoms with Crippen molar-refractivity contribution in [2.24, 2.45) is 7.05 Å². The molecule has 1 amide bonds. The Labute approximate surface area is 190 Å². The van der Waals surface area contributed by atoms with Crippen molar-refractivity contribution in [3.05, 3.63) is 89.6 Å². The maximum absolute atomic E-state index is 15.0. The zero-order chi connectivity index (χ0) is 23.5. The van der Waals surface area contributed by atoms with Crippen molar-refractivity contribution in [2.75, 3.05) is 12.3 Å². The van der Waals surface area contributed by atoms with Gasteiger partial charge in [-0.05, 0) is 36.2 Å². The van der Waals surface area contributed by atoms with Gasteiger partial charge in [-0.2, -0.15) is 5.10 Å². The number of nitrogens with zero attached hydrogens (tertiary/aromatic N) is 3. The SMILES string of the molecule is Cc1c(-c2cnc(N)c(-c3ccc(C(=O)N[C@H](CO)c4ccccc4)c(F)c3)c2)cnn1C. The van der Waals surface area contributed by atoms with Gasteiger partial charge >= 0.3 is 0 Å². The molecule has 2 aromatic carbocycles. The molecule has 4 rings (SSSR count). The molecule has 0 fully saturated rings. The van der Waals surface area contributed by atoms with E-state index in [1.807, 2.05) is 26.1 Å². The molecule has 1 atom stereocenters. The molecule has 0 radical (unpaired) electrons. The third-order valence-electron chi connectivity index (χ3n) is 5.68. The highest BCUT2D eigenvalue weighted by atomic mass is 19.1. The highest BCUT2D eigenvalue weighted by molar-refractivity contribution is 5.95. The van der Waals surface area contributed by atoms with Crippen molar-refractivity contribution in [3.63, 3.8) is 0 Å². The number of hydrogen-bond donors (Lipinski definition) is 3. The summed E-state index contributed by atoms with van der Waals surface area (Å²) in [6.07, 6.45) is 3.39. The Hall–Kier alpha value is -4.04. The molecule has 0 aliphatic carbocycles. The normalized spacial score (nSPS) is 11.9. The van der Waals surface area contributed by atoms with Gasteiger partial charge in [-0.1, -0.05) is 36.4 Å². The highest BCUT2D eigenvalue weighted by Gasteiger charge is 2.19. The predicted molar refractivity (Wildman–Crippen MR) is 125 cm³/mol. The number of nitrogens with two attached hydrogens (primary N) is 1. The van der Waals surface area contributed by atoms with Crippen LogP contribution >= 0.6 is 0 Å². The van der Waals surface area contributed by atoms with Gasteiger partial charge in [0.15, 0.2) is 0 Å².